The second-order valence-electron chi connectivity index (χ2n) is 12.6. The van der Waals surface area contributed by atoms with E-state index in [0.717, 1.165) is 44.9 Å². The fourth-order valence-electron chi connectivity index (χ4n) is 9.56. The zero-order valence-electron chi connectivity index (χ0n) is 21.8. The number of aliphatic hydroxyl groups is 1. The van der Waals surface area contributed by atoms with Crippen molar-refractivity contribution in [1.82, 2.24) is 0 Å². The van der Waals surface area contributed by atoms with Gasteiger partial charge < -0.3 is 9.84 Å². The summed E-state index contributed by atoms with van der Waals surface area (Å²) in [7, 11) is 0. The number of rotatable bonds is 7. The molecule has 0 aliphatic heterocycles. The molecule has 188 valence electrons. The molecule has 4 heteroatoms. The molecular formula is C29H48O4. The maximum Gasteiger partial charge on any atom is 0.305 e. The zero-order chi connectivity index (χ0) is 24.0. The molecule has 0 heterocycles. The van der Waals surface area contributed by atoms with Crippen LogP contribution in [-0.4, -0.2) is 29.6 Å². The molecule has 0 radical (unpaired) electrons. The smallest absolute Gasteiger partial charge is 0.305 e. The van der Waals surface area contributed by atoms with Crippen LogP contribution in [-0.2, 0) is 14.3 Å². The normalized spacial score (nSPS) is 45.6. The lowest BCUT2D eigenvalue weighted by Gasteiger charge is -2.62. The van der Waals surface area contributed by atoms with Crippen LogP contribution in [0.15, 0.2) is 0 Å². The zero-order valence-corrected chi connectivity index (χ0v) is 21.8. The Morgan fingerprint density at radius 1 is 1.06 bits per heavy atom. The van der Waals surface area contributed by atoms with E-state index in [1.54, 1.807) is 0 Å². The Kier molecular flexibility index (Phi) is 7.35. The molecule has 0 spiro atoms. The third-order valence-electron chi connectivity index (χ3n) is 11.2. The van der Waals surface area contributed by atoms with Gasteiger partial charge in [-0.05, 0) is 105 Å². The average molecular weight is 461 g/mol. The maximum absolute atomic E-state index is 14.2. The predicted octanol–water partition coefficient (Wildman–Crippen LogP) is 6.19. The number of hydrogen-bond donors (Lipinski definition) is 1. The average Bonchev–Trinajstić information content (AvgIpc) is 3.13. The first-order chi connectivity index (χ1) is 15.7. The summed E-state index contributed by atoms with van der Waals surface area (Å²) in [5.41, 5.74) is 0.408. The van der Waals surface area contributed by atoms with E-state index in [0.29, 0.717) is 48.4 Å². The Bertz CT molecular complexity index is 733. The van der Waals surface area contributed by atoms with Gasteiger partial charge in [-0.25, -0.2) is 0 Å². The molecule has 0 saturated heterocycles. The Hall–Kier alpha value is -0.900. The first-order valence-electron chi connectivity index (χ1n) is 14.0. The van der Waals surface area contributed by atoms with Crippen molar-refractivity contribution in [2.24, 2.45) is 52.3 Å². The molecule has 4 saturated carbocycles. The van der Waals surface area contributed by atoms with E-state index in [1.807, 2.05) is 6.92 Å². The van der Waals surface area contributed by atoms with E-state index >= 15 is 0 Å². The van der Waals surface area contributed by atoms with E-state index in [-0.39, 0.29) is 34.7 Å². The number of fused-ring (bicyclic) bond motifs is 5. The van der Waals surface area contributed by atoms with Crippen LogP contribution in [0.5, 0.6) is 0 Å². The highest BCUT2D eigenvalue weighted by Gasteiger charge is 2.65. The van der Waals surface area contributed by atoms with E-state index in [2.05, 4.69) is 27.7 Å². The van der Waals surface area contributed by atoms with Gasteiger partial charge in [0.25, 0.3) is 0 Å². The second kappa shape index (κ2) is 9.63. The van der Waals surface area contributed by atoms with Crippen LogP contribution < -0.4 is 0 Å². The van der Waals surface area contributed by atoms with Gasteiger partial charge in [0.1, 0.15) is 5.78 Å². The number of esters is 1. The van der Waals surface area contributed by atoms with Crippen molar-refractivity contribution in [3.05, 3.63) is 0 Å². The summed E-state index contributed by atoms with van der Waals surface area (Å²) in [6, 6.07) is 0. The third kappa shape index (κ3) is 4.21. The van der Waals surface area contributed by atoms with E-state index in [1.165, 1.54) is 19.3 Å². The number of ketones is 1. The molecule has 0 aromatic heterocycles. The van der Waals surface area contributed by atoms with Gasteiger partial charge in [-0.1, -0.05) is 34.1 Å². The summed E-state index contributed by atoms with van der Waals surface area (Å²) in [6.07, 6.45) is 10.7. The van der Waals surface area contributed by atoms with Gasteiger partial charge in [0.15, 0.2) is 0 Å². The lowest BCUT2D eigenvalue weighted by atomic mass is 9.41. The van der Waals surface area contributed by atoms with Gasteiger partial charge in [-0.3, -0.25) is 9.59 Å². The molecule has 4 nitrogen and oxygen atoms in total. The molecule has 4 rings (SSSR count). The number of aliphatic hydroxyl groups excluding tert-OH is 1. The van der Waals surface area contributed by atoms with E-state index in [4.69, 9.17) is 4.74 Å². The van der Waals surface area contributed by atoms with Crippen molar-refractivity contribution in [3.63, 3.8) is 0 Å². The molecular weight excluding hydrogens is 412 g/mol. The quantitative estimate of drug-likeness (QED) is 0.460. The Labute approximate surface area is 201 Å². The lowest BCUT2D eigenvalue weighted by molar-refractivity contribution is -0.173. The Morgan fingerprint density at radius 3 is 2.45 bits per heavy atom. The molecule has 0 amide bonds. The van der Waals surface area contributed by atoms with Crippen LogP contribution in [0.2, 0.25) is 0 Å². The Morgan fingerprint density at radius 2 is 1.76 bits per heavy atom. The van der Waals surface area contributed by atoms with Gasteiger partial charge in [0, 0.05) is 18.3 Å². The second-order valence-corrected chi connectivity index (χ2v) is 12.6. The van der Waals surface area contributed by atoms with E-state index < -0.39 is 0 Å². The maximum atomic E-state index is 14.2. The molecule has 0 aromatic rings. The molecule has 0 aromatic carbocycles. The highest BCUT2D eigenvalue weighted by Crippen LogP contribution is 2.68. The fraction of sp³-hybridized carbons (Fsp3) is 0.931. The van der Waals surface area contributed by atoms with Crippen molar-refractivity contribution >= 4 is 11.8 Å². The summed E-state index contributed by atoms with van der Waals surface area (Å²) in [5.74, 6) is 3.24. The molecule has 33 heavy (non-hydrogen) atoms. The Balaban J connectivity index is 1.57. The lowest BCUT2D eigenvalue weighted by Crippen LogP contribution is -2.60. The van der Waals surface area contributed by atoms with Gasteiger partial charge in [0.2, 0.25) is 0 Å². The monoisotopic (exact) mass is 460 g/mol. The molecule has 1 N–H and O–H groups in total. The van der Waals surface area contributed by atoms with Gasteiger partial charge in [0.05, 0.1) is 12.7 Å². The molecule has 4 fully saturated rings. The molecule has 0 bridgehead atoms. The summed E-state index contributed by atoms with van der Waals surface area (Å²) in [4.78, 5) is 26.1. The van der Waals surface area contributed by atoms with E-state index in [9.17, 15) is 14.7 Å². The largest absolute Gasteiger partial charge is 0.466 e. The van der Waals surface area contributed by atoms with Gasteiger partial charge in [-0.15, -0.1) is 0 Å². The third-order valence-corrected chi connectivity index (χ3v) is 11.2. The number of hydrogen-bond acceptors (Lipinski definition) is 4. The van der Waals surface area contributed by atoms with Crippen LogP contribution >= 0.6 is 0 Å². The summed E-state index contributed by atoms with van der Waals surface area (Å²) in [5, 5.41) is 10.5. The topological polar surface area (TPSA) is 63.6 Å². The first-order valence-corrected chi connectivity index (χ1v) is 14.0. The summed E-state index contributed by atoms with van der Waals surface area (Å²) in [6.45, 7) is 11.8. The van der Waals surface area contributed by atoms with Crippen molar-refractivity contribution in [2.75, 3.05) is 6.61 Å². The molecule has 4 aliphatic carbocycles. The van der Waals surface area contributed by atoms with Crippen molar-refractivity contribution in [1.29, 1.82) is 0 Å². The number of Topliss-reactive ketones (excluding diaryl/α,β-unsaturated/α-hetero) is 1. The van der Waals surface area contributed by atoms with Crippen molar-refractivity contribution in [3.8, 4) is 0 Å². The minimum absolute atomic E-state index is 0.0731. The van der Waals surface area contributed by atoms with Crippen LogP contribution in [0.4, 0.5) is 0 Å². The highest BCUT2D eigenvalue weighted by atomic mass is 16.5. The van der Waals surface area contributed by atoms with Crippen LogP contribution in [0.25, 0.3) is 0 Å². The minimum Gasteiger partial charge on any atom is -0.466 e. The number of ether oxygens (including phenoxy) is 1. The predicted molar refractivity (Wildman–Crippen MR) is 130 cm³/mol. The van der Waals surface area contributed by atoms with Crippen LogP contribution in [0, 0.1) is 52.3 Å². The first kappa shape index (κ1) is 25.2. The summed E-state index contributed by atoms with van der Waals surface area (Å²) >= 11 is 0. The molecule has 4 unspecified atom stereocenters. The number of carbonyl (C=O) groups excluding carboxylic acids is 2. The molecule has 10 atom stereocenters. The standard InChI is InChI=1S/C29H48O4/c1-6-8-20-24-17-19(30)13-15-29(24,5)23-14-16-28(4)21(10-11-22(28)26(23)27(20)32)18(3)9-12-25(31)33-7-2/h18-24,26,30H,6-17H2,1-5H3/t18-,19?,20+,21-,22?,23?,24+,26?,28-,29-/m1/s1. The van der Waals surface area contributed by atoms with Crippen LogP contribution in [0.1, 0.15) is 105 Å². The van der Waals surface area contributed by atoms with Crippen molar-refractivity contribution in [2.45, 2.75) is 111 Å². The van der Waals surface area contributed by atoms with Gasteiger partial charge >= 0.3 is 5.97 Å². The minimum atomic E-state index is -0.225. The molecule has 4 aliphatic rings. The summed E-state index contributed by atoms with van der Waals surface area (Å²) < 4.78 is 5.17. The highest BCUT2D eigenvalue weighted by molar-refractivity contribution is 5.86. The van der Waals surface area contributed by atoms with Crippen LogP contribution in [0.3, 0.4) is 0 Å². The van der Waals surface area contributed by atoms with Gasteiger partial charge in [-0.2, -0.15) is 0 Å². The number of carbonyl (C=O) groups is 2. The van der Waals surface area contributed by atoms with Crippen molar-refractivity contribution < 1.29 is 19.4 Å². The fourth-order valence-corrected chi connectivity index (χ4v) is 9.56. The SMILES string of the molecule is CCC[C@@H]1C(=O)C2C3CC[C@H]([C@H](C)CCC(=O)OCC)[C@@]3(C)CCC2[C@@]2(C)CCC(O)C[C@@H]12.